The first-order chi connectivity index (χ1) is 15.8. The monoisotopic (exact) mass is 456 g/mol. The van der Waals surface area contributed by atoms with Crippen molar-refractivity contribution < 1.29 is 15.0 Å². The van der Waals surface area contributed by atoms with E-state index in [1.165, 1.54) is 6.07 Å². The molecule has 6 N–H and O–H groups in total. The Morgan fingerprint density at radius 3 is 2.48 bits per heavy atom. The van der Waals surface area contributed by atoms with Crippen LogP contribution >= 0.6 is 0 Å². The highest BCUT2D eigenvalue weighted by Crippen LogP contribution is 2.29. The van der Waals surface area contributed by atoms with Gasteiger partial charge in [-0.05, 0) is 56.0 Å². The van der Waals surface area contributed by atoms with Crippen molar-refractivity contribution in [2.75, 3.05) is 11.9 Å². The van der Waals surface area contributed by atoms with E-state index in [1.807, 2.05) is 26.8 Å². The van der Waals surface area contributed by atoms with Crippen LogP contribution in [0.1, 0.15) is 83.9 Å². The van der Waals surface area contributed by atoms with Crippen molar-refractivity contribution in [3.05, 3.63) is 62.1 Å². The molecule has 1 aromatic carbocycles. The zero-order chi connectivity index (χ0) is 24.5. The number of anilines is 1. The molecule has 1 unspecified atom stereocenters. The largest absolute Gasteiger partial charge is 0.393 e. The number of hydrogen-bond acceptors (Lipinski definition) is 6. The second-order valence-electron chi connectivity index (χ2n) is 8.12. The van der Waals surface area contributed by atoms with Crippen LogP contribution < -0.4 is 16.2 Å². The first-order valence-electron chi connectivity index (χ1n) is 11.6. The normalized spacial score (nSPS) is 14.2. The molecule has 0 radical (unpaired) electrons. The minimum Gasteiger partial charge on any atom is -0.393 e. The van der Waals surface area contributed by atoms with Crippen LogP contribution in [-0.4, -0.2) is 40.0 Å². The molecule has 0 aliphatic heterocycles. The van der Waals surface area contributed by atoms with Gasteiger partial charge in [-0.25, -0.2) is 0 Å². The van der Waals surface area contributed by atoms with Crippen LogP contribution in [0.25, 0.3) is 0 Å². The highest BCUT2D eigenvalue weighted by molar-refractivity contribution is 6.05. The van der Waals surface area contributed by atoms with Crippen molar-refractivity contribution in [2.45, 2.75) is 72.1 Å². The summed E-state index contributed by atoms with van der Waals surface area (Å²) in [6.45, 7) is 7.17. The average Bonchev–Trinajstić information content (AvgIpc) is 3.31. The van der Waals surface area contributed by atoms with Gasteiger partial charge in [-0.3, -0.25) is 9.59 Å². The number of H-pyrrole nitrogens is 1. The third-order valence-corrected chi connectivity index (χ3v) is 5.78. The number of nitrogens with one attached hydrogen (secondary N) is 4. The molecule has 1 atom stereocenters. The molecule has 1 fully saturated rings. The van der Waals surface area contributed by atoms with Crippen LogP contribution in [-0.2, 0) is 6.54 Å². The molecule has 8 nitrogen and oxygen atoms in total. The molecule has 33 heavy (non-hydrogen) atoms. The Balaban J connectivity index is 0.00000187. The third kappa shape index (κ3) is 6.52. The maximum Gasteiger partial charge on any atom is 0.253 e. The Bertz CT molecular complexity index is 1030. The molecular weight excluding hydrogens is 420 g/mol. The number of aliphatic hydroxyl groups is 2. The lowest BCUT2D eigenvalue weighted by Gasteiger charge is -2.20. The van der Waals surface area contributed by atoms with E-state index in [9.17, 15) is 19.8 Å². The Labute approximate surface area is 195 Å². The highest BCUT2D eigenvalue weighted by Gasteiger charge is 2.22. The summed E-state index contributed by atoms with van der Waals surface area (Å²) in [5, 5.41) is 33.6. The van der Waals surface area contributed by atoms with E-state index in [0.29, 0.717) is 22.4 Å². The first-order valence-corrected chi connectivity index (χ1v) is 11.6. The number of rotatable bonds is 8. The lowest BCUT2D eigenvalue weighted by atomic mass is 9.97. The van der Waals surface area contributed by atoms with Gasteiger partial charge in [0.25, 0.3) is 11.5 Å². The second-order valence-corrected chi connectivity index (χ2v) is 8.12. The smallest absolute Gasteiger partial charge is 0.253 e. The number of carbonyl (C=O) groups is 1. The Morgan fingerprint density at radius 2 is 1.91 bits per heavy atom. The number of aromatic nitrogens is 1. The lowest BCUT2D eigenvalue weighted by molar-refractivity contribution is 0.0935. The Kier molecular flexibility index (Phi) is 9.81. The number of aryl methyl sites for hydroxylation is 2. The van der Waals surface area contributed by atoms with Gasteiger partial charge in [-0.2, -0.15) is 0 Å². The molecule has 1 aromatic heterocycles. The molecule has 1 heterocycles. The highest BCUT2D eigenvalue weighted by atomic mass is 16.3. The molecule has 1 amide bonds. The van der Waals surface area contributed by atoms with Gasteiger partial charge in [0.1, 0.15) is 6.10 Å². The number of hydrogen-bond donors (Lipinski definition) is 6. The van der Waals surface area contributed by atoms with Crippen LogP contribution in [0, 0.1) is 19.3 Å². The number of aromatic amines is 1. The van der Waals surface area contributed by atoms with Crippen molar-refractivity contribution in [3.8, 4) is 0 Å². The van der Waals surface area contributed by atoms with Crippen molar-refractivity contribution in [2.24, 2.45) is 0 Å². The number of carbonyl (C=O) groups excluding carboxylic acids is 1. The topological polar surface area (TPSA) is 138 Å². The predicted molar refractivity (Wildman–Crippen MR) is 131 cm³/mol. The fourth-order valence-electron chi connectivity index (χ4n) is 4.09. The van der Waals surface area contributed by atoms with Gasteiger partial charge in [0.15, 0.2) is 0 Å². The summed E-state index contributed by atoms with van der Waals surface area (Å²) in [5.41, 5.74) is 3.34. The van der Waals surface area contributed by atoms with Crippen LogP contribution in [0.4, 0.5) is 5.69 Å². The summed E-state index contributed by atoms with van der Waals surface area (Å²) in [7, 11) is 0. The molecule has 0 bridgehead atoms. The van der Waals surface area contributed by atoms with Gasteiger partial charge in [0, 0.05) is 41.3 Å². The van der Waals surface area contributed by atoms with Gasteiger partial charge in [0.2, 0.25) is 0 Å². The molecule has 1 aliphatic rings. The maximum absolute atomic E-state index is 13.0. The zero-order valence-corrected chi connectivity index (χ0v) is 19.9. The predicted octanol–water partition coefficient (Wildman–Crippen LogP) is 3.33. The standard InChI is InChI=1S/C23H30N4O4.C2H6/c1-13-7-14(2)26-23(31)19(13)11-25-22(30)17-8-15(21(29)12-28)9-20(18(17)10-24)27-16-5-3-4-6-16;1-2/h7-10,16,21,24,27-29H,3-6,11-12H2,1-2H3,(H,25,30)(H,26,31);1-2H3. The van der Waals surface area contributed by atoms with Crippen molar-refractivity contribution in [1.82, 2.24) is 10.3 Å². The minimum atomic E-state index is -1.14. The summed E-state index contributed by atoms with van der Waals surface area (Å²) < 4.78 is 0. The summed E-state index contributed by atoms with van der Waals surface area (Å²) in [6, 6.07) is 5.26. The summed E-state index contributed by atoms with van der Waals surface area (Å²) in [6.07, 6.45) is 4.22. The summed E-state index contributed by atoms with van der Waals surface area (Å²) >= 11 is 0. The molecule has 0 spiro atoms. The number of benzene rings is 1. The summed E-state index contributed by atoms with van der Waals surface area (Å²) in [5.74, 6) is -0.459. The first kappa shape index (κ1) is 26.3. The fourth-order valence-corrected chi connectivity index (χ4v) is 4.09. The lowest BCUT2D eigenvalue weighted by Crippen LogP contribution is -2.29. The molecule has 3 rings (SSSR count). The Morgan fingerprint density at radius 1 is 1.24 bits per heavy atom. The maximum atomic E-state index is 13.0. The summed E-state index contributed by atoms with van der Waals surface area (Å²) in [4.78, 5) is 28.0. The van der Waals surface area contributed by atoms with Crippen LogP contribution in [0.15, 0.2) is 23.0 Å². The molecule has 180 valence electrons. The molecule has 1 aliphatic carbocycles. The van der Waals surface area contributed by atoms with Crippen LogP contribution in [0.2, 0.25) is 0 Å². The van der Waals surface area contributed by atoms with Crippen molar-refractivity contribution in [3.63, 3.8) is 0 Å². The zero-order valence-electron chi connectivity index (χ0n) is 19.9. The molecule has 0 saturated heterocycles. The average molecular weight is 457 g/mol. The fraction of sp³-hybridized carbons (Fsp3) is 0.480. The van der Waals surface area contributed by atoms with Crippen LogP contribution in [0.3, 0.4) is 0 Å². The number of pyridine rings is 1. The van der Waals surface area contributed by atoms with E-state index >= 15 is 0 Å². The third-order valence-electron chi connectivity index (χ3n) is 5.78. The number of amides is 1. The van der Waals surface area contributed by atoms with Gasteiger partial charge in [-0.15, -0.1) is 0 Å². The molecule has 2 aromatic rings. The quantitative estimate of drug-likeness (QED) is 0.338. The van der Waals surface area contributed by atoms with E-state index < -0.39 is 18.6 Å². The Hall–Kier alpha value is -2.97. The van der Waals surface area contributed by atoms with E-state index in [-0.39, 0.29) is 23.7 Å². The van der Waals surface area contributed by atoms with Crippen molar-refractivity contribution >= 4 is 17.8 Å². The van der Waals surface area contributed by atoms with Gasteiger partial charge >= 0.3 is 0 Å². The molecular formula is C25H36N4O4. The van der Waals surface area contributed by atoms with E-state index in [1.54, 1.807) is 13.0 Å². The van der Waals surface area contributed by atoms with Gasteiger partial charge in [-0.1, -0.05) is 26.7 Å². The van der Waals surface area contributed by atoms with E-state index in [4.69, 9.17) is 5.41 Å². The van der Waals surface area contributed by atoms with E-state index in [2.05, 4.69) is 15.6 Å². The van der Waals surface area contributed by atoms with Crippen molar-refractivity contribution in [1.29, 1.82) is 5.41 Å². The van der Waals surface area contributed by atoms with Gasteiger partial charge in [0.05, 0.1) is 12.2 Å². The SMILES string of the molecule is CC.Cc1cc(C)c(CNC(=O)c2cc(C(O)CO)cc(NC3CCCC3)c2C=N)c(=O)[nH]1. The molecule has 8 heteroatoms. The van der Waals surface area contributed by atoms with E-state index in [0.717, 1.165) is 43.2 Å². The number of aliphatic hydroxyl groups excluding tert-OH is 2. The van der Waals surface area contributed by atoms with Gasteiger partial charge < -0.3 is 31.2 Å². The van der Waals surface area contributed by atoms with Crippen LogP contribution in [0.5, 0.6) is 0 Å². The minimum absolute atomic E-state index is 0.0376. The molecule has 1 saturated carbocycles. The second kappa shape index (κ2) is 12.3.